The number of nitrogens with two attached hydrogens (primary N) is 1. The van der Waals surface area contributed by atoms with Gasteiger partial charge in [-0.05, 0) is 25.2 Å². The summed E-state index contributed by atoms with van der Waals surface area (Å²) in [6, 6.07) is 0.139. The van der Waals surface area contributed by atoms with E-state index in [-0.39, 0.29) is 12.0 Å². The molecule has 0 radical (unpaired) electrons. The summed E-state index contributed by atoms with van der Waals surface area (Å²) in [6.45, 7) is 2.31. The van der Waals surface area contributed by atoms with Crippen molar-refractivity contribution in [3.63, 3.8) is 0 Å². The van der Waals surface area contributed by atoms with E-state index < -0.39 is 0 Å². The molecule has 3 rings (SSSR count). The maximum Gasteiger partial charge on any atom is 0.233 e. The quantitative estimate of drug-likeness (QED) is 0.816. The second-order valence-corrected chi connectivity index (χ2v) is 5.85. The van der Waals surface area contributed by atoms with E-state index in [1.165, 1.54) is 25.7 Å². The summed E-state index contributed by atoms with van der Waals surface area (Å²) in [7, 11) is 0. The molecule has 1 aromatic heterocycles. The smallest absolute Gasteiger partial charge is 0.233 e. The largest absolute Gasteiger partial charge is 0.339 e. The zero-order valence-electron chi connectivity index (χ0n) is 10.9. The first-order chi connectivity index (χ1) is 8.72. The Kier molecular flexibility index (Phi) is 3.20. The minimum atomic E-state index is 0.139. The zero-order chi connectivity index (χ0) is 12.5. The topological polar surface area (TPSA) is 64.9 Å². The lowest BCUT2D eigenvalue weighted by Crippen LogP contribution is -2.14. The third-order valence-electron chi connectivity index (χ3n) is 4.19. The first-order valence-electron chi connectivity index (χ1n) is 7.00. The molecule has 4 nitrogen and oxygen atoms in total. The molecule has 1 heterocycles. The third kappa shape index (κ3) is 2.34. The second-order valence-electron chi connectivity index (χ2n) is 5.85. The van der Waals surface area contributed by atoms with Gasteiger partial charge in [0.25, 0.3) is 0 Å². The molecule has 2 aliphatic rings. The van der Waals surface area contributed by atoms with Gasteiger partial charge in [-0.25, -0.2) is 0 Å². The fourth-order valence-corrected chi connectivity index (χ4v) is 3.14. The van der Waals surface area contributed by atoms with Crippen LogP contribution in [0.3, 0.4) is 0 Å². The van der Waals surface area contributed by atoms with Crippen molar-refractivity contribution in [1.82, 2.24) is 10.1 Å². The summed E-state index contributed by atoms with van der Waals surface area (Å²) < 4.78 is 5.42. The third-order valence-corrected chi connectivity index (χ3v) is 4.19. The van der Waals surface area contributed by atoms with Crippen LogP contribution < -0.4 is 5.73 Å². The average molecular weight is 247 g/mol. The van der Waals surface area contributed by atoms with Crippen LogP contribution in [0.4, 0.5) is 0 Å². The van der Waals surface area contributed by atoms with Crippen LogP contribution in [0.25, 0.3) is 0 Å². The van der Waals surface area contributed by atoms with Gasteiger partial charge >= 0.3 is 0 Å². The molecule has 2 aliphatic carbocycles. The molecular weight excluding hydrogens is 226 g/mol. The Hall–Kier alpha value is -1.16. The van der Waals surface area contributed by atoms with Crippen molar-refractivity contribution < 1.29 is 4.52 Å². The van der Waals surface area contributed by atoms with Gasteiger partial charge in [-0.2, -0.15) is 4.98 Å². The van der Waals surface area contributed by atoms with Crippen molar-refractivity contribution in [3.8, 4) is 0 Å². The van der Waals surface area contributed by atoms with Crippen molar-refractivity contribution in [2.75, 3.05) is 0 Å². The number of nitrogens with zero attached hydrogens (tertiary/aromatic N) is 2. The minimum absolute atomic E-state index is 0.139. The maximum absolute atomic E-state index is 5.85. The van der Waals surface area contributed by atoms with Gasteiger partial charge in [-0.3, -0.25) is 0 Å². The zero-order valence-corrected chi connectivity index (χ0v) is 10.9. The number of hydrogen-bond donors (Lipinski definition) is 1. The van der Waals surface area contributed by atoms with Crippen molar-refractivity contribution >= 4 is 0 Å². The Balaban J connectivity index is 1.71. The van der Waals surface area contributed by atoms with E-state index in [4.69, 9.17) is 10.3 Å². The maximum atomic E-state index is 5.85. The molecule has 4 atom stereocenters. The molecule has 2 N–H and O–H groups in total. The Morgan fingerprint density at radius 2 is 2.17 bits per heavy atom. The first-order valence-corrected chi connectivity index (χ1v) is 7.00. The van der Waals surface area contributed by atoms with Crippen LogP contribution in [0, 0.1) is 5.92 Å². The van der Waals surface area contributed by atoms with E-state index in [0.29, 0.717) is 5.92 Å². The number of allylic oxidation sites excluding steroid dienone is 1. The number of hydrogen-bond acceptors (Lipinski definition) is 4. The molecule has 0 aliphatic heterocycles. The predicted molar refractivity (Wildman–Crippen MR) is 69.1 cm³/mol. The van der Waals surface area contributed by atoms with E-state index in [1.807, 2.05) is 6.08 Å². The van der Waals surface area contributed by atoms with E-state index in [2.05, 4.69) is 23.1 Å². The van der Waals surface area contributed by atoms with Gasteiger partial charge in [0.15, 0.2) is 5.82 Å². The summed E-state index contributed by atoms with van der Waals surface area (Å²) in [5, 5.41) is 4.18. The lowest BCUT2D eigenvalue weighted by atomic mass is 9.82. The minimum Gasteiger partial charge on any atom is -0.339 e. The van der Waals surface area contributed by atoms with Crippen LogP contribution in [0.1, 0.15) is 62.6 Å². The van der Waals surface area contributed by atoms with Crippen LogP contribution >= 0.6 is 0 Å². The first kappa shape index (κ1) is 11.9. The summed E-state index contributed by atoms with van der Waals surface area (Å²) >= 11 is 0. The molecule has 1 fully saturated rings. The fraction of sp³-hybridized carbons (Fsp3) is 0.714. The average Bonchev–Trinajstić information content (AvgIpc) is 2.97. The number of rotatable bonds is 2. The highest BCUT2D eigenvalue weighted by Crippen LogP contribution is 2.35. The summed E-state index contributed by atoms with van der Waals surface area (Å²) in [5.74, 6) is 3.15. The molecule has 1 saturated carbocycles. The van der Waals surface area contributed by atoms with Gasteiger partial charge < -0.3 is 10.3 Å². The van der Waals surface area contributed by atoms with Crippen molar-refractivity contribution in [2.45, 2.75) is 56.9 Å². The normalized spacial score (nSPS) is 36.1. The van der Waals surface area contributed by atoms with Crippen LogP contribution in [0.2, 0.25) is 0 Å². The lowest BCUT2D eigenvalue weighted by molar-refractivity contribution is 0.317. The summed E-state index contributed by atoms with van der Waals surface area (Å²) in [5.41, 5.74) is 5.85. The molecule has 4 heteroatoms. The molecule has 0 aromatic carbocycles. The Morgan fingerprint density at radius 1 is 1.28 bits per heavy atom. The van der Waals surface area contributed by atoms with Gasteiger partial charge in [0.05, 0.1) is 5.92 Å². The molecule has 0 amide bonds. The standard InChI is InChI=1S/C14H21N3O/c1-9-3-2-4-10(7-9)13-16-14(18-17-13)11-5-6-12(15)8-11/h5-6,9-12H,2-4,7-8,15H2,1H3. The molecular formula is C14H21N3O. The summed E-state index contributed by atoms with van der Waals surface area (Å²) in [6.07, 6.45) is 10.0. The SMILES string of the molecule is CC1CCCC(c2noc(C3C=CC(N)C3)n2)C1. The van der Waals surface area contributed by atoms with E-state index >= 15 is 0 Å². The Morgan fingerprint density at radius 3 is 2.89 bits per heavy atom. The van der Waals surface area contributed by atoms with Crippen LogP contribution in [-0.4, -0.2) is 16.2 Å². The number of aromatic nitrogens is 2. The van der Waals surface area contributed by atoms with Gasteiger partial charge in [0.2, 0.25) is 5.89 Å². The van der Waals surface area contributed by atoms with Crippen molar-refractivity contribution in [3.05, 3.63) is 23.9 Å². The summed E-state index contributed by atoms with van der Waals surface area (Å²) in [4.78, 5) is 4.60. The lowest BCUT2D eigenvalue weighted by Gasteiger charge is -2.23. The predicted octanol–water partition coefficient (Wildman–Crippen LogP) is 2.73. The van der Waals surface area contributed by atoms with E-state index in [1.54, 1.807) is 0 Å². The molecule has 98 valence electrons. The molecule has 0 saturated heterocycles. The molecule has 0 spiro atoms. The van der Waals surface area contributed by atoms with Crippen LogP contribution in [0.5, 0.6) is 0 Å². The van der Waals surface area contributed by atoms with Gasteiger partial charge in [-0.15, -0.1) is 0 Å². The van der Waals surface area contributed by atoms with Gasteiger partial charge in [0, 0.05) is 12.0 Å². The Labute approximate surface area is 108 Å². The second kappa shape index (κ2) is 4.84. The highest BCUT2D eigenvalue weighted by atomic mass is 16.5. The van der Waals surface area contributed by atoms with Crippen molar-refractivity contribution in [2.24, 2.45) is 11.7 Å². The van der Waals surface area contributed by atoms with Gasteiger partial charge in [0.1, 0.15) is 0 Å². The fourth-order valence-electron chi connectivity index (χ4n) is 3.14. The van der Waals surface area contributed by atoms with E-state index in [0.717, 1.165) is 24.1 Å². The highest BCUT2D eigenvalue weighted by molar-refractivity contribution is 5.16. The molecule has 0 bridgehead atoms. The molecule has 18 heavy (non-hydrogen) atoms. The highest BCUT2D eigenvalue weighted by Gasteiger charge is 2.27. The van der Waals surface area contributed by atoms with Crippen LogP contribution in [0.15, 0.2) is 16.7 Å². The van der Waals surface area contributed by atoms with Gasteiger partial charge in [-0.1, -0.05) is 37.1 Å². The molecule has 4 unspecified atom stereocenters. The van der Waals surface area contributed by atoms with E-state index in [9.17, 15) is 0 Å². The van der Waals surface area contributed by atoms with Crippen LogP contribution in [-0.2, 0) is 0 Å². The Bertz CT molecular complexity index is 440. The molecule has 1 aromatic rings. The van der Waals surface area contributed by atoms with Crippen molar-refractivity contribution in [1.29, 1.82) is 0 Å². The monoisotopic (exact) mass is 247 g/mol.